The SMILES string of the molecule is CCOC(=O)c1cnc(N2CCN(C(=O)OC(C)(C)C)CC2)nc1C. The Morgan fingerprint density at radius 1 is 1.20 bits per heavy atom. The Balaban J connectivity index is 1.98. The number of carbonyl (C=O) groups is 2. The van der Waals surface area contributed by atoms with Crippen molar-refractivity contribution in [1.82, 2.24) is 14.9 Å². The topological polar surface area (TPSA) is 84.9 Å². The standard InChI is InChI=1S/C17H26N4O4/c1-6-24-14(22)13-11-18-15(19-12(13)2)20-7-9-21(10-8-20)16(23)25-17(3,4)5/h11H,6-10H2,1-5H3. The van der Waals surface area contributed by atoms with E-state index >= 15 is 0 Å². The van der Waals surface area contributed by atoms with Crippen LogP contribution >= 0.6 is 0 Å². The lowest BCUT2D eigenvalue weighted by atomic mass is 10.2. The molecule has 0 aromatic carbocycles. The molecule has 25 heavy (non-hydrogen) atoms. The first kappa shape index (κ1) is 19.0. The molecule has 1 aromatic rings. The first-order valence-corrected chi connectivity index (χ1v) is 8.45. The molecular formula is C17H26N4O4. The van der Waals surface area contributed by atoms with Crippen molar-refractivity contribution in [2.75, 3.05) is 37.7 Å². The molecule has 0 spiro atoms. The van der Waals surface area contributed by atoms with E-state index in [1.54, 1.807) is 18.7 Å². The van der Waals surface area contributed by atoms with Gasteiger partial charge in [0, 0.05) is 32.4 Å². The summed E-state index contributed by atoms with van der Waals surface area (Å²) in [5.74, 6) is 0.135. The molecule has 1 aliphatic rings. The van der Waals surface area contributed by atoms with Crippen LogP contribution in [0.25, 0.3) is 0 Å². The lowest BCUT2D eigenvalue weighted by Crippen LogP contribution is -2.50. The summed E-state index contributed by atoms with van der Waals surface area (Å²) in [6.45, 7) is 11.7. The first-order chi connectivity index (χ1) is 11.7. The van der Waals surface area contributed by atoms with E-state index in [0.29, 0.717) is 50.0 Å². The van der Waals surface area contributed by atoms with Gasteiger partial charge in [0.1, 0.15) is 5.60 Å². The molecule has 0 bridgehead atoms. The maximum Gasteiger partial charge on any atom is 0.410 e. The Labute approximate surface area is 148 Å². The van der Waals surface area contributed by atoms with Crippen LogP contribution < -0.4 is 4.90 Å². The molecule has 0 aliphatic carbocycles. The van der Waals surface area contributed by atoms with Gasteiger partial charge in [0.25, 0.3) is 0 Å². The fraction of sp³-hybridized carbons (Fsp3) is 0.647. The van der Waals surface area contributed by atoms with Crippen LogP contribution in [0.3, 0.4) is 0 Å². The fourth-order valence-corrected chi connectivity index (χ4v) is 2.43. The molecule has 0 N–H and O–H groups in total. The van der Waals surface area contributed by atoms with Gasteiger partial charge in [-0.2, -0.15) is 0 Å². The maximum atomic E-state index is 12.1. The van der Waals surface area contributed by atoms with Gasteiger partial charge in [-0.3, -0.25) is 0 Å². The zero-order chi connectivity index (χ0) is 18.6. The molecule has 1 saturated heterocycles. The number of nitrogens with zero attached hydrogens (tertiary/aromatic N) is 4. The van der Waals surface area contributed by atoms with E-state index in [4.69, 9.17) is 9.47 Å². The Kier molecular flexibility index (Phi) is 5.81. The largest absolute Gasteiger partial charge is 0.462 e. The smallest absolute Gasteiger partial charge is 0.410 e. The molecule has 0 atom stereocenters. The highest BCUT2D eigenvalue weighted by atomic mass is 16.6. The summed E-state index contributed by atoms with van der Waals surface area (Å²) in [7, 11) is 0. The number of hydrogen-bond donors (Lipinski definition) is 0. The zero-order valence-electron chi connectivity index (χ0n) is 15.5. The summed E-state index contributed by atoms with van der Waals surface area (Å²) in [6, 6.07) is 0. The zero-order valence-corrected chi connectivity index (χ0v) is 15.5. The first-order valence-electron chi connectivity index (χ1n) is 8.45. The highest BCUT2D eigenvalue weighted by Crippen LogP contribution is 2.16. The predicted molar refractivity (Wildman–Crippen MR) is 92.7 cm³/mol. The number of ether oxygens (including phenoxy) is 2. The second kappa shape index (κ2) is 7.67. The quantitative estimate of drug-likeness (QED) is 0.771. The van der Waals surface area contributed by atoms with Crippen molar-refractivity contribution in [1.29, 1.82) is 0 Å². The maximum absolute atomic E-state index is 12.1. The number of piperazine rings is 1. The van der Waals surface area contributed by atoms with Crippen molar-refractivity contribution in [3.8, 4) is 0 Å². The van der Waals surface area contributed by atoms with E-state index in [0.717, 1.165) is 0 Å². The van der Waals surface area contributed by atoms with Gasteiger partial charge in [-0.15, -0.1) is 0 Å². The molecule has 1 aliphatic heterocycles. The number of hydrogen-bond acceptors (Lipinski definition) is 7. The molecule has 138 valence electrons. The van der Waals surface area contributed by atoms with Crippen molar-refractivity contribution in [3.05, 3.63) is 17.5 Å². The number of rotatable bonds is 3. The molecule has 1 amide bonds. The fourth-order valence-electron chi connectivity index (χ4n) is 2.43. The van der Waals surface area contributed by atoms with Gasteiger partial charge in [-0.25, -0.2) is 19.6 Å². The van der Waals surface area contributed by atoms with Crippen molar-refractivity contribution in [2.24, 2.45) is 0 Å². The van der Waals surface area contributed by atoms with E-state index < -0.39 is 11.6 Å². The number of aromatic nitrogens is 2. The van der Waals surface area contributed by atoms with Crippen molar-refractivity contribution >= 4 is 18.0 Å². The van der Waals surface area contributed by atoms with Gasteiger partial charge in [-0.1, -0.05) is 0 Å². The number of esters is 1. The Morgan fingerprint density at radius 2 is 1.84 bits per heavy atom. The molecular weight excluding hydrogens is 324 g/mol. The van der Waals surface area contributed by atoms with Crippen molar-refractivity contribution in [2.45, 2.75) is 40.2 Å². The third kappa shape index (κ3) is 5.04. The van der Waals surface area contributed by atoms with Gasteiger partial charge in [0.2, 0.25) is 5.95 Å². The van der Waals surface area contributed by atoms with E-state index in [9.17, 15) is 9.59 Å². The number of carbonyl (C=O) groups excluding carboxylic acids is 2. The minimum atomic E-state index is -0.503. The highest BCUT2D eigenvalue weighted by Gasteiger charge is 2.27. The van der Waals surface area contributed by atoms with Gasteiger partial charge in [-0.05, 0) is 34.6 Å². The molecule has 1 aromatic heterocycles. The van der Waals surface area contributed by atoms with E-state index in [1.807, 2.05) is 25.7 Å². The van der Waals surface area contributed by atoms with Crippen LogP contribution in [0.2, 0.25) is 0 Å². The third-order valence-electron chi connectivity index (χ3n) is 3.68. The van der Waals surface area contributed by atoms with Crippen molar-refractivity contribution < 1.29 is 19.1 Å². The summed E-state index contributed by atoms with van der Waals surface area (Å²) in [6.07, 6.45) is 1.19. The minimum absolute atomic E-state index is 0.304. The minimum Gasteiger partial charge on any atom is -0.462 e. The van der Waals surface area contributed by atoms with Crippen LogP contribution in [0.1, 0.15) is 43.7 Å². The van der Waals surface area contributed by atoms with Crippen LogP contribution in [0, 0.1) is 6.92 Å². The molecule has 8 heteroatoms. The molecule has 0 saturated carbocycles. The second-order valence-electron chi connectivity index (χ2n) is 6.84. The summed E-state index contributed by atoms with van der Waals surface area (Å²) >= 11 is 0. The van der Waals surface area contributed by atoms with E-state index in [1.165, 1.54) is 6.20 Å². The molecule has 0 radical (unpaired) electrons. The van der Waals surface area contributed by atoms with Crippen LogP contribution in [0.15, 0.2) is 6.20 Å². The summed E-state index contributed by atoms with van der Waals surface area (Å²) in [4.78, 5) is 36.3. The van der Waals surface area contributed by atoms with E-state index in [-0.39, 0.29) is 6.09 Å². The normalized spacial score (nSPS) is 15.1. The van der Waals surface area contributed by atoms with E-state index in [2.05, 4.69) is 9.97 Å². The predicted octanol–water partition coefficient (Wildman–Crippen LogP) is 2.02. The van der Waals surface area contributed by atoms with Crippen LogP contribution in [-0.2, 0) is 9.47 Å². The van der Waals surface area contributed by atoms with Crippen molar-refractivity contribution in [3.63, 3.8) is 0 Å². The summed E-state index contributed by atoms with van der Waals surface area (Å²) < 4.78 is 10.4. The molecule has 2 rings (SSSR count). The Hall–Kier alpha value is -2.38. The average Bonchev–Trinajstić information content (AvgIpc) is 2.53. The Morgan fingerprint density at radius 3 is 2.36 bits per heavy atom. The summed E-state index contributed by atoms with van der Waals surface area (Å²) in [5, 5.41) is 0. The lowest BCUT2D eigenvalue weighted by Gasteiger charge is -2.35. The lowest BCUT2D eigenvalue weighted by molar-refractivity contribution is 0.0239. The van der Waals surface area contributed by atoms with Crippen LogP contribution in [-0.4, -0.2) is 65.3 Å². The number of aryl methyl sites for hydroxylation is 1. The van der Waals surface area contributed by atoms with Crippen LogP contribution in [0.4, 0.5) is 10.7 Å². The van der Waals surface area contributed by atoms with Gasteiger partial charge in [0.05, 0.1) is 17.9 Å². The summed E-state index contributed by atoms with van der Waals surface area (Å²) in [5.41, 5.74) is 0.452. The average molecular weight is 350 g/mol. The van der Waals surface area contributed by atoms with Gasteiger partial charge < -0.3 is 19.3 Å². The second-order valence-corrected chi connectivity index (χ2v) is 6.84. The van der Waals surface area contributed by atoms with Gasteiger partial charge >= 0.3 is 12.1 Å². The third-order valence-corrected chi connectivity index (χ3v) is 3.68. The Bertz CT molecular complexity index is 634. The molecule has 1 fully saturated rings. The number of amides is 1. The number of anilines is 1. The molecule has 8 nitrogen and oxygen atoms in total. The molecule has 0 unspecified atom stereocenters. The molecule has 2 heterocycles. The monoisotopic (exact) mass is 350 g/mol. The van der Waals surface area contributed by atoms with Gasteiger partial charge in [0.15, 0.2) is 0 Å². The highest BCUT2D eigenvalue weighted by molar-refractivity contribution is 5.90. The van der Waals surface area contributed by atoms with Crippen LogP contribution in [0.5, 0.6) is 0 Å².